The van der Waals surface area contributed by atoms with E-state index in [4.69, 9.17) is 0 Å². The predicted octanol–water partition coefficient (Wildman–Crippen LogP) is 4.08. The van der Waals surface area contributed by atoms with Crippen LogP contribution in [-0.2, 0) is 13.0 Å². The number of nitrogens with zero attached hydrogens (tertiary/aromatic N) is 3. The maximum atomic E-state index is 12.6. The summed E-state index contributed by atoms with van der Waals surface area (Å²) in [5, 5.41) is 6.36. The number of rotatable bonds is 7. The normalized spacial score (nSPS) is 11.5. The van der Waals surface area contributed by atoms with Crippen molar-refractivity contribution in [2.24, 2.45) is 4.99 Å². The van der Waals surface area contributed by atoms with Crippen LogP contribution in [0.4, 0.5) is 8.78 Å². The number of ether oxygens (including phenoxy) is 1. The third-order valence-electron chi connectivity index (χ3n) is 4.50. The molecule has 2 heterocycles. The van der Waals surface area contributed by atoms with E-state index in [9.17, 15) is 8.78 Å². The van der Waals surface area contributed by atoms with Crippen molar-refractivity contribution in [3.8, 4) is 5.75 Å². The van der Waals surface area contributed by atoms with Gasteiger partial charge in [-0.3, -0.25) is 4.99 Å². The number of hydrogen-bond donors (Lipinski definition) is 2. The number of alkyl halides is 2. The summed E-state index contributed by atoms with van der Waals surface area (Å²) in [5.74, 6) is 0.739. The Morgan fingerprint density at radius 1 is 1.23 bits per heavy atom. The number of hydrogen-bond acceptors (Lipinski definition) is 3. The van der Waals surface area contributed by atoms with Gasteiger partial charge in [0.1, 0.15) is 11.4 Å². The van der Waals surface area contributed by atoms with Crippen LogP contribution in [0.25, 0.3) is 5.65 Å². The second-order valence-electron chi connectivity index (χ2n) is 6.75. The molecule has 3 rings (SSSR count). The number of aromatic nitrogens is 2. The quantitative estimate of drug-likeness (QED) is 0.275. The Bertz CT molecular complexity index is 1010. The second-order valence-corrected chi connectivity index (χ2v) is 6.75. The first kappa shape index (κ1) is 23.8. The van der Waals surface area contributed by atoms with Gasteiger partial charge in [0.2, 0.25) is 0 Å². The van der Waals surface area contributed by atoms with E-state index in [0.29, 0.717) is 24.6 Å². The monoisotopic (exact) mass is 529 g/mol. The molecule has 0 aliphatic rings. The van der Waals surface area contributed by atoms with Crippen molar-refractivity contribution >= 4 is 35.6 Å². The van der Waals surface area contributed by atoms with Crippen LogP contribution in [0.2, 0.25) is 0 Å². The Labute approximate surface area is 191 Å². The minimum Gasteiger partial charge on any atom is -0.434 e. The first-order chi connectivity index (χ1) is 14.0. The molecule has 0 spiro atoms. The van der Waals surface area contributed by atoms with Gasteiger partial charge in [0.05, 0.1) is 5.69 Å². The molecule has 9 heteroatoms. The van der Waals surface area contributed by atoms with Gasteiger partial charge in [0, 0.05) is 44.5 Å². The standard InChI is InChI=1S/C21H25F2N5O.HI/c1-14-6-7-18(29-20(22)23)16(11-14)12-26-21(24-3)25-9-8-17-13-28-10-4-5-15(2)19(28)27-17;/h4-7,10-11,13,20H,8-9,12H2,1-3H3,(H2,24,25,26);1H. The van der Waals surface area contributed by atoms with E-state index in [0.717, 1.165) is 28.9 Å². The molecule has 0 unspecified atom stereocenters. The molecule has 0 atom stereocenters. The van der Waals surface area contributed by atoms with Gasteiger partial charge in [-0.05, 0) is 31.5 Å². The van der Waals surface area contributed by atoms with Crippen LogP contribution in [0, 0.1) is 13.8 Å². The Kier molecular flexibility index (Phi) is 8.82. The minimum atomic E-state index is -2.86. The number of nitrogens with one attached hydrogen (secondary N) is 2. The average molecular weight is 529 g/mol. The molecular formula is C21H26F2IN5O. The molecule has 0 aliphatic carbocycles. The lowest BCUT2D eigenvalue weighted by Crippen LogP contribution is -2.38. The van der Waals surface area contributed by atoms with Crippen molar-refractivity contribution in [2.75, 3.05) is 13.6 Å². The van der Waals surface area contributed by atoms with Crippen molar-refractivity contribution in [1.29, 1.82) is 0 Å². The zero-order valence-electron chi connectivity index (χ0n) is 17.2. The number of fused-ring (bicyclic) bond motifs is 1. The van der Waals surface area contributed by atoms with Crippen LogP contribution in [-0.4, -0.2) is 35.5 Å². The van der Waals surface area contributed by atoms with Crippen LogP contribution in [0.15, 0.2) is 47.7 Å². The highest BCUT2D eigenvalue weighted by Crippen LogP contribution is 2.22. The number of aliphatic imine (C=N–C) groups is 1. The number of pyridine rings is 1. The van der Waals surface area contributed by atoms with E-state index in [-0.39, 0.29) is 29.7 Å². The van der Waals surface area contributed by atoms with Crippen molar-refractivity contribution in [3.05, 3.63) is 65.1 Å². The third-order valence-corrected chi connectivity index (χ3v) is 4.50. The zero-order valence-corrected chi connectivity index (χ0v) is 19.5. The number of imidazole rings is 1. The van der Waals surface area contributed by atoms with Crippen molar-refractivity contribution < 1.29 is 13.5 Å². The number of benzene rings is 1. The highest BCUT2D eigenvalue weighted by Gasteiger charge is 2.11. The van der Waals surface area contributed by atoms with Gasteiger partial charge < -0.3 is 19.8 Å². The Morgan fingerprint density at radius 2 is 2.03 bits per heavy atom. The second kappa shape index (κ2) is 11.1. The average Bonchev–Trinajstić information content (AvgIpc) is 3.10. The van der Waals surface area contributed by atoms with Crippen LogP contribution >= 0.6 is 24.0 Å². The predicted molar refractivity (Wildman–Crippen MR) is 125 cm³/mol. The van der Waals surface area contributed by atoms with E-state index >= 15 is 0 Å². The van der Waals surface area contributed by atoms with E-state index in [1.54, 1.807) is 19.2 Å². The van der Waals surface area contributed by atoms with E-state index < -0.39 is 6.61 Å². The molecule has 0 saturated heterocycles. The van der Waals surface area contributed by atoms with Gasteiger partial charge in [0.25, 0.3) is 0 Å². The van der Waals surface area contributed by atoms with Crippen LogP contribution < -0.4 is 15.4 Å². The number of guanidine groups is 1. The molecule has 162 valence electrons. The topological polar surface area (TPSA) is 63.0 Å². The molecule has 0 bridgehead atoms. The Hall–Kier alpha value is -2.43. The van der Waals surface area contributed by atoms with Crippen molar-refractivity contribution in [1.82, 2.24) is 20.0 Å². The lowest BCUT2D eigenvalue weighted by atomic mass is 10.1. The van der Waals surface area contributed by atoms with Crippen LogP contribution in [0.5, 0.6) is 5.75 Å². The lowest BCUT2D eigenvalue weighted by Gasteiger charge is -2.15. The smallest absolute Gasteiger partial charge is 0.387 e. The van der Waals surface area contributed by atoms with Gasteiger partial charge in [-0.15, -0.1) is 24.0 Å². The summed E-state index contributed by atoms with van der Waals surface area (Å²) < 4.78 is 31.8. The SMILES string of the molecule is CN=C(NCCc1cn2cccc(C)c2n1)NCc1cc(C)ccc1OC(F)F.I. The fraction of sp³-hybridized carbons (Fsp3) is 0.333. The molecule has 30 heavy (non-hydrogen) atoms. The largest absolute Gasteiger partial charge is 0.434 e. The molecule has 0 fully saturated rings. The molecule has 6 nitrogen and oxygen atoms in total. The lowest BCUT2D eigenvalue weighted by molar-refractivity contribution is -0.0504. The summed E-state index contributed by atoms with van der Waals surface area (Å²) in [6, 6.07) is 9.14. The Morgan fingerprint density at radius 3 is 2.73 bits per heavy atom. The van der Waals surface area contributed by atoms with Gasteiger partial charge in [-0.2, -0.15) is 8.78 Å². The van der Waals surface area contributed by atoms with Crippen LogP contribution in [0.1, 0.15) is 22.4 Å². The molecule has 2 N–H and O–H groups in total. The summed E-state index contributed by atoms with van der Waals surface area (Å²) in [4.78, 5) is 8.84. The van der Waals surface area contributed by atoms with Crippen molar-refractivity contribution in [3.63, 3.8) is 0 Å². The Balaban J connectivity index is 0.00000320. The van der Waals surface area contributed by atoms with E-state index in [1.165, 1.54) is 0 Å². The van der Waals surface area contributed by atoms with Crippen LogP contribution in [0.3, 0.4) is 0 Å². The number of halogens is 3. The fourth-order valence-electron chi connectivity index (χ4n) is 3.09. The number of aryl methyl sites for hydroxylation is 2. The van der Waals surface area contributed by atoms with Gasteiger partial charge >= 0.3 is 6.61 Å². The van der Waals surface area contributed by atoms with E-state index in [1.807, 2.05) is 48.8 Å². The summed E-state index contributed by atoms with van der Waals surface area (Å²) in [7, 11) is 1.66. The molecule has 2 aromatic heterocycles. The molecule has 0 aliphatic heterocycles. The summed E-state index contributed by atoms with van der Waals surface area (Å²) in [5.41, 5.74) is 4.67. The van der Waals surface area contributed by atoms with E-state index in [2.05, 4.69) is 25.3 Å². The fourth-order valence-corrected chi connectivity index (χ4v) is 3.09. The molecular weight excluding hydrogens is 503 g/mol. The van der Waals surface area contributed by atoms with Gasteiger partial charge in [-0.1, -0.05) is 23.8 Å². The summed E-state index contributed by atoms with van der Waals surface area (Å²) in [6.45, 7) is 2.03. The third kappa shape index (κ3) is 6.28. The molecule has 0 saturated carbocycles. The molecule has 3 aromatic rings. The van der Waals surface area contributed by atoms with Crippen molar-refractivity contribution in [2.45, 2.75) is 33.4 Å². The van der Waals surface area contributed by atoms with Gasteiger partial charge in [0.15, 0.2) is 5.96 Å². The summed E-state index contributed by atoms with van der Waals surface area (Å²) in [6.07, 6.45) is 4.72. The molecule has 1 aromatic carbocycles. The first-order valence-corrected chi connectivity index (χ1v) is 9.38. The zero-order chi connectivity index (χ0) is 20.8. The maximum absolute atomic E-state index is 12.6. The molecule has 0 radical (unpaired) electrons. The summed E-state index contributed by atoms with van der Waals surface area (Å²) >= 11 is 0. The molecule has 0 amide bonds. The highest BCUT2D eigenvalue weighted by molar-refractivity contribution is 14.0. The van der Waals surface area contributed by atoms with Gasteiger partial charge in [-0.25, -0.2) is 4.98 Å². The first-order valence-electron chi connectivity index (χ1n) is 9.38. The minimum absolute atomic E-state index is 0. The highest BCUT2D eigenvalue weighted by atomic mass is 127. The maximum Gasteiger partial charge on any atom is 0.387 e.